The van der Waals surface area contributed by atoms with Crippen molar-refractivity contribution in [1.82, 2.24) is 0 Å². The lowest BCUT2D eigenvalue weighted by Gasteiger charge is -2.03. The topological polar surface area (TPSA) is 116 Å². The number of ether oxygens (including phenoxy) is 3. The van der Waals surface area contributed by atoms with Gasteiger partial charge in [-0.3, -0.25) is 4.79 Å². The molecule has 0 spiro atoms. The van der Waals surface area contributed by atoms with Crippen molar-refractivity contribution >= 4 is 23.9 Å². The van der Waals surface area contributed by atoms with Crippen LogP contribution >= 0.6 is 0 Å². The van der Waals surface area contributed by atoms with Gasteiger partial charge < -0.3 is 19.3 Å². The van der Waals surface area contributed by atoms with E-state index in [1.165, 1.54) is 7.11 Å². The van der Waals surface area contributed by atoms with Gasteiger partial charge in [-0.25, -0.2) is 14.4 Å². The van der Waals surface area contributed by atoms with Gasteiger partial charge in [-0.05, 0) is 26.7 Å². The first-order chi connectivity index (χ1) is 13.9. The van der Waals surface area contributed by atoms with Crippen LogP contribution in [0.4, 0.5) is 0 Å². The zero-order chi connectivity index (χ0) is 24.1. The summed E-state index contributed by atoms with van der Waals surface area (Å²) in [6.07, 6.45) is 3.33. The first-order valence-corrected chi connectivity index (χ1v) is 9.57. The molecule has 0 heterocycles. The van der Waals surface area contributed by atoms with E-state index >= 15 is 0 Å². The fourth-order valence-electron chi connectivity index (χ4n) is 1.27. The Hall–Kier alpha value is -2.90. The molecule has 0 aromatic carbocycles. The standard InChI is InChI=1S/C9H14O4.C8H14O2.C5H8O2/c1-3-4-5-13-9(12)7(2)6-8(10)11;1-4-5-6-10-8(9)7(2)3;1-4(2)5(6)7-3/h2-6H2,1H3,(H,10,11);2,4-6H2,1,3H3;1H2,2-3H3. The Balaban J connectivity index is -0.000000383. The lowest BCUT2D eigenvalue weighted by Crippen LogP contribution is -2.11. The maximum atomic E-state index is 11.0. The van der Waals surface area contributed by atoms with Gasteiger partial charge in [0.05, 0.1) is 26.7 Å². The van der Waals surface area contributed by atoms with Gasteiger partial charge in [0.2, 0.25) is 0 Å². The maximum Gasteiger partial charge on any atom is 0.333 e. The van der Waals surface area contributed by atoms with E-state index in [1.54, 1.807) is 13.8 Å². The van der Waals surface area contributed by atoms with Gasteiger partial charge in [0, 0.05) is 16.7 Å². The zero-order valence-electron chi connectivity index (χ0n) is 18.9. The molecule has 0 rings (SSSR count). The summed E-state index contributed by atoms with van der Waals surface area (Å²) < 4.78 is 13.8. The highest BCUT2D eigenvalue weighted by Crippen LogP contribution is 2.01. The average Bonchev–Trinajstić information content (AvgIpc) is 2.67. The Labute approximate surface area is 179 Å². The second kappa shape index (κ2) is 20.8. The van der Waals surface area contributed by atoms with Crippen LogP contribution in [0.25, 0.3) is 0 Å². The van der Waals surface area contributed by atoms with Gasteiger partial charge in [0.1, 0.15) is 0 Å². The van der Waals surface area contributed by atoms with Crippen LogP contribution in [0.5, 0.6) is 0 Å². The van der Waals surface area contributed by atoms with Gasteiger partial charge >= 0.3 is 23.9 Å². The number of carbonyl (C=O) groups is 4. The van der Waals surface area contributed by atoms with Gasteiger partial charge in [-0.15, -0.1) is 0 Å². The number of esters is 3. The van der Waals surface area contributed by atoms with Crippen LogP contribution in [0.15, 0.2) is 36.5 Å². The first-order valence-electron chi connectivity index (χ1n) is 9.57. The molecule has 0 aromatic rings. The largest absolute Gasteiger partial charge is 0.481 e. The molecule has 0 radical (unpaired) electrons. The summed E-state index contributed by atoms with van der Waals surface area (Å²) in [5.74, 6) is -2.32. The number of rotatable bonds is 11. The fraction of sp³-hybridized carbons (Fsp3) is 0.545. The number of hydrogen-bond acceptors (Lipinski definition) is 7. The zero-order valence-corrected chi connectivity index (χ0v) is 18.9. The van der Waals surface area contributed by atoms with E-state index in [4.69, 9.17) is 14.6 Å². The van der Waals surface area contributed by atoms with Crippen LogP contribution in [-0.2, 0) is 33.4 Å². The molecule has 1 N–H and O–H groups in total. The van der Waals surface area contributed by atoms with Crippen molar-refractivity contribution in [3.63, 3.8) is 0 Å². The Bertz CT molecular complexity index is 590. The number of unbranched alkanes of at least 4 members (excludes halogenated alkanes) is 2. The highest BCUT2D eigenvalue weighted by molar-refractivity contribution is 5.92. The molecule has 8 nitrogen and oxygen atoms in total. The molecule has 0 aliphatic rings. The van der Waals surface area contributed by atoms with Crippen molar-refractivity contribution in [2.75, 3.05) is 20.3 Å². The molecule has 0 saturated carbocycles. The normalized spacial score (nSPS) is 8.83. The highest BCUT2D eigenvalue weighted by atomic mass is 16.5. The Kier molecular flexibility index (Phi) is 22.1. The smallest absolute Gasteiger partial charge is 0.333 e. The second-order valence-electron chi connectivity index (χ2n) is 6.21. The lowest BCUT2D eigenvalue weighted by molar-refractivity contribution is -0.142. The number of methoxy groups -OCH3 is 1. The molecule has 0 fully saturated rings. The minimum atomic E-state index is -1.07. The Morgan fingerprint density at radius 3 is 1.43 bits per heavy atom. The van der Waals surface area contributed by atoms with Crippen molar-refractivity contribution in [2.45, 2.75) is 59.8 Å². The van der Waals surface area contributed by atoms with Gasteiger partial charge in [-0.2, -0.15) is 0 Å². The van der Waals surface area contributed by atoms with Crippen molar-refractivity contribution in [3.05, 3.63) is 36.5 Å². The summed E-state index contributed by atoms with van der Waals surface area (Å²) >= 11 is 0. The van der Waals surface area contributed by atoms with Crippen molar-refractivity contribution in [3.8, 4) is 0 Å². The van der Waals surface area contributed by atoms with E-state index in [9.17, 15) is 19.2 Å². The fourth-order valence-corrected chi connectivity index (χ4v) is 1.27. The number of carbonyl (C=O) groups excluding carboxylic acids is 3. The predicted molar refractivity (Wildman–Crippen MR) is 115 cm³/mol. The van der Waals surface area contributed by atoms with Crippen LogP contribution in [0.2, 0.25) is 0 Å². The summed E-state index contributed by atoms with van der Waals surface area (Å²) in [5.41, 5.74) is 0.891. The molecular weight excluding hydrogens is 392 g/mol. The van der Waals surface area contributed by atoms with Crippen LogP contribution in [0.3, 0.4) is 0 Å². The Morgan fingerprint density at radius 1 is 0.767 bits per heavy atom. The number of carboxylic acids is 1. The van der Waals surface area contributed by atoms with Crippen molar-refractivity contribution in [2.24, 2.45) is 0 Å². The minimum Gasteiger partial charge on any atom is -0.481 e. The number of carboxylic acid groups (broad SMARTS) is 1. The van der Waals surface area contributed by atoms with E-state index in [0.717, 1.165) is 25.7 Å². The molecule has 0 bridgehead atoms. The molecule has 8 heteroatoms. The summed E-state index contributed by atoms with van der Waals surface area (Å²) in [4.78, 5) is 42.0. The van der Waals surface area contributed by atoms with Crippen LogP contribution in [0, 0.1) is 0 Å². The number of aliphatic carboxylic acids is 1. The maximum absolute atomic E-state index is 11.0. The third-order valence-electron chi connectivity index (χ3n) is 3.00. The highest BCUT2D eigenvalue weighted by Gasteiger charge is 2.11. The van der Waals surface area contributed by atoms with E-state index in [1.807, 2.05) is 6.92 Å². The van der Waals surface area contributed by atoms with E-state index < -0.39 is 11.9 Å². The van der Waals surface area contributed by atoms with Crippen LogP contribution < -0.4 is 0 Å². The summed E-state index contributed by atoms with van der Waals surface area (Å²) in [6.45, 7) is 18.2. The molecule has 172 valence electrons. The molecule has 0 aliphatic carbocycles. The van der Waals surface area contributed by atoms with Crippen LogP contribution in [-0.4, -0.2) is 49.3 Å². The quantitative estimate of drug-likeness (QED) is 0.227. The Morgan fingerprint density at radius 2 is 1.17 bits per heavy atom. The van der Waals surface area contributed by atoms with Gasteiger partial charge in [0.25, 0.3) is 0 Å². The molecule has 0 aliphatic heterocycles. The minimum absolute atomic E-state index is 0.0106. The lowest BCUT2D eigenvalue weighted by atomic mass is 10.2. The second-order valence-corrected chi connectivity index (χ2v) is 6.21. The van der Waals surface area contributed by atoms with E-state index in [-0.39, 0.29) is 23.9 Å². The third kappa shape index (κ3) is 23.1. The third-order valence-corrected chi connectivity index (χ3v) is 3.00. The molecule has 30 heavy (non-hydrogen) atoms. The van der Waals surface area contributed by atoms with E-state index in [0.29, 0.717) is 24.4 Å². The monoisotopic (exact) mass is 428 g/mol. The first kappa shape index (κ1) is 31.8. The molecule has 0 saturated heterocycles. The summed E-state index contributed by atoms with van der Waals surface area (Å²) in [7, 11) is 1.33. The number of hydrogen-bond donors (Lipinski definition) is 1. The average molecular weight is 429 g/mol. The van der Waals surface area contributed by atoms with Gasteiger partial charge in [-0.1, -0.05) is 46.4 Å². The van der Waals surface area contributed by atoms with Crippen molar-refractivity contribution < 1.29 is 38.5 Å². The van der Waals surface area contributed by atoms with E-state index in [2.05, 4.69) is 31.4 Å². The SMILES string of the molecule is C=C(C)C(=O)OC.C=C(C)C(=O)OCCCC.C=C(CC(=O)O)C(=O)OCCCC. The summed E-state index contributed by atoms with van der Waals surface area (Å²) in [5, 5.41) is 8.34. The predicted octanol–water partition coefficient (Wildman–Crippen LogP) is 4.00. The van der Waals surface area contributed by atoms with Gasteiger partial charge in [0.15, 0.2) is 0 Å². The van der Waals surface area contributed by atoms with Crippen molar-refractivity contribution in [1.29, 1.82) is 0 Å². The molecule has 0 atom stereocenters. The molecule has 0 amide bonds. The van der Waals surface area contributed by atoms with Crippen LogP contribution in [0.1, 0.15) is 59.8 Å². The summed E-state index contributed by atoms with van der Waals surface area (Å²) in [6, 6.07) is 0. The molecule has 0 unspecified atom stereocenters. The molecule has 0 aromatic heterocycles. The molecular formula is C22H36O8.